The van der Waals surface area contributed by atoms with Gasteiger partial charge in [-0.1, -0.05) is 0 Å². The van der Waals surface area contributed by atoms with E-state index in [1.54, 1.807) is 0 Å². The fourth-order valence-electron chi connectivity index (χ4n) is 1.47. The number of carbonyl (C=O) groups is 1. The molecule has 0 saturated heterocycles. The van der Waals surface area contributed by atoms with E-state index in [0.29, 0.717) is 6.07 Å². The molecule has 0 radical (unpaired) electrons. The van der Waals surface area contributed by atoms with Crippen molar-refractivity contribution in [3.63, 3.8) is 0 Å². The molecular weight excluding hydrogens is 325 g/mol. The van der Waals surface area contributed by atoms with Crippen LogP contribution >= 0.6 is 11.6 Å². The molecule has 1 rings (SSSR count). The third-order valence-electron chi connectivity index (χ3n) is 2.16. The fraction of sp³-hybridized carbons (Fsp3) is 0.455. The average molecular weight is 334 g/mol. The van der Waals surface area contributed by atoms with E-state index in [4.69, 9.17) is 11.6 Å². The Labute approximate surface area is 120 Å². The molecule has 10 heteroatoms. The molecule has 0 saturated carbocycles. The van der Waals surface area contributed by atoms with Crippen molar-refractivity contribution in [1.82, 2.24) is 4.98 Å². The molecule has 1 aromatic heterocycles. The Hall–Kier alpha value is -1.64. The molecule has 0 aromatic carbocycles. The number of hydrogen-bond donors (Lipinski definition) is 0. The van der Waals surface area contributed by atoms with Gasteiger partial charge in [0.2, 0.25) is 5.88 Å². The van der Waals surface area contributed by atoms with Crippen LogP contribution in [0, 0.1) is 0 Å². The van der Waals surface area contributed by atoms with E-state index in [2.05, 4.69) is 14.5 Å². The molecule has 0 fully saturated rings. The van der Waals surface area contributed by atoms with Crippen LogP contribution in [0.2, 0.25) is 0 Å². The topological polar surface area (TPSA) is 48.4 Å². The van der Waals surface area contributed by atoms with E-state index >= 15 is 0 Å². The van der Waals surface area contributed by atoms with Gasteiger partial charge >= 0.3 is 12.3 Å². The second-order valence-electron chi connectivity index (χ2n) is 3.58. The summed E-state index contributed by atoms with van der Waals surface area (Å²) in [7, 11) is 0. The molecule has 4 nitrogen and oxygen atoms in total. The molecule has 1 aromatic rings. The van der Waals surface area contributed by atoms with Gasteiger partial charge < -0.3 is 9.47 Å². The molecule has 1 heterocycles. The van der Waals surface area contributed by atoms with Gasteiger partial charge in [0.05, 0.1) is 12.2 Å². The summed E-state index contributed by atoms with van der Waals surface area (Å²) in [6, 6.07) is 0.665. The Kier molecular flexibility index (Phi) is 5.70. The Morgan fingerprint density at radius 3 is 2.48 bits per heavy atom. The second-order valence-corrected chi connectivity index (χ2v) is 3.85. The van der Waals surface area contributed by atoms with Crippen molar-refractivity contribution in [3.05, 3.63) is 22.9 Å². The van der Waals surface area contributed by atoms with Gasteiger partial charge in [0.25, 0.3) is 6.43 Å². The Bertz CT molecular complexity index is 521. The highest BCUT2D eigenvalue weighted by Crippen LogP contribution is 2.31. The highest BCUT2D eigenvalue weighted by molar-refractivity contribution is 6.17. The lowest BCUT2D eigenvalue weighted by molar-refractivity contribution is -0.276. The van der Waals surface area contributed by atoms with Crippen LogP contribution in [0.15, 0.2) is 6.07 Å². The van der Waals surface area contributed by atoms with Gasteiger partial charge in [0.1, 0.15) is 5.69 Å². The first-order valence-electron chi connectivity index (χ1n) is 5.50. The van der Waals surface area contributed by atoms with Crippen LogP contribution < -0.4 is 4.74 Å². The van der Waals surface area contributed by atoms with E-state index in [9.17, 15) is 26.7 Å². The number of hydrogen-bond acceptors (Lipinski definition) is 4. The highest BCUT2D eigenvalue weighted by Gasteiger charge is 2.34. The van der Waals surface area contributed by atoms with Crippen LogP contribution in [0.4, 0.5) is 22.0 Å². The molecule has 0 amide bonds. The summed E-state index contributed by atoms with van der Waals surface area (Å²) in [5.74, 6) is -2.76. The lowest BCUT2D eigenvalue weighted by Crippen LogP contribution is -2.20. The van der Waals surface area contributed by atoms with Crippen LogP contribution in [0.25, 0.3) is 0 Å². The standard InChI is InChI=1S/C11H9ClF5NO3/c1-2-20-10(19)7-5(4-12)3-6(21-11(15,16)17)18-8(7)9(13)14/h3,9H,2,4H2,1H3. The normalized spacial score (nSPS) is 11.6. The fourth-order valence-corrected chi connectivity index (χ4v) is 1.68. The minimum absolute atomic E-state index is 0.107. The maximum atomic E-state index is 12.9. The maximum absolute atomic E-state index is 12.9. The maximum Gasteiger partial charge on any atom is 0.574 e. The number of rotatable bonds is 5. The number of nitrogens with zero attached hydrogens (tertiary/aromatic N) is 1. The molecule has 0 unspecified atom stereocenters. The zero-order chi connectivity index (χ0) is 16.2. The molecule has 0 aliphatic carbocycles. The quantitative estimate of drug-likeness (QED) is 0.467. The van der Waals surface area contributed by atoms with Gasteiger partial charge in [0, 0.05) is 11.9 Å². The largest absolute Gasteiger partial charge is 0.574 e. The van der Waals surface area contributed by atoms with Crippen molar-refractivity contribution in [3.8, 4) is 5.88 Å². The summed E-state index contributed by atoms with van der Waals surface area (Å²) in [6.07, 6.45) is -8.41. The first-order valence-corrected chi connectivity index (χ1v) is 6.03. The van der Waals surface area contributed by atoms with E-state index in [1.807, 2.05) is 0 Å². The van der Waals surface area contributed by atoms with Crippen LogP contribution in [-0.4, -0.2) is 23.9 Å². The Morgan fingerprint density at radius 2 is 2.05 bits per heavy atom. The number of alkyl halides is 6. The van der Waals surface area contributed by atoms with Gasteiger partial charge in [-0.05, 0) is 12.5 Å². The predicted octanol–water partition coefficient (Wildman–Crippen LogP) is 3.83. The van der Waals surface area contributed by atoms with Crippen LogP contribution in [0.1, 0.15) is 35.0 Å². The Morgan fingerprint density at radius 1 is 1.43 bits per heavy atom. The minimum atomic E-state index is -5.11. The summed E-state index contributed by atoms with van der Waals surface area (Å²) in [6.45, 7) is 1.33. The van der Waals surface area contributed by atoms with Gasteiger partial charge in [-0.2, -0.15) is 0 Å². The number of aromatic nitrogens is 1. The van der Waals surface area contributed by atoms with E-state index in [0.717, 1.165) is 0 Å². The molecule has 0 aliphatic heterocycles. The van der Waals surface area contributed by atoms with Crippen LogP contribution in [0.5, 0.6) is 5.88 Å². The van der Waals surface area contributed by atoms with Gasteiger partial charge in [-0.3, -0.25) is 0 Å². The lowest BCUT2D eigenvalue weighted by Gasteiger charge is -2.14. The van der Waals surface area contributed by atoms with Crippen LogP contribution in [-0.2, 0) is 10.6 Å². The third-order valence-corrected chi connectivity index (χ3v) is 2.44. The molecule has 0 N–H and O–H groups in total. The number of pyridine rings is 1. The van der Waals surface area contributed by atoms with E-state index in [1.165, 1.54) is 6.92 Å². The first-order chi connectivity index (χ1) is 9.69. The number of esters is 1. The molecule has 0 aliphatic rings. The summed E-state index contributed by atoms with van der Waals surface area (Å²) in [5.41, 5.74) is -2.12. The zero-order valence-electron chi connectivity index (χ0n) is 10.5. The number of ether oxygens (including phenoxy) is 2. The minimum Gasteiger partial charge on any atom is -0.462 e. The second kappa shape index (κ2) is 6.88. The third kappa shape index (κ3) is 4.69. The SMILES string of the molecule is CCOC(=O)c1c(CCl)cc(OC(F)(F)F)nc1C(F)F. The summed E-state index contributed by atoms with van der Waals surface area (Å²) >= 11 is 5.48. The molecular formula is C11H9ClF5NO3. The average Bonchev–Trinajstić information content (AvgIpc) is 2.35. The summed E-state index contributed by atoms with van der Waals surface area (Å²) < 4.78 is 70.2. The predicted molar refractivity (Wildman–Crippen MR) is 61.4 cm³/mol. The van der Waals surface area contributed by atoms with Crippen molar-refractivity contribution in [2.24, 2.45) is 0 Å². The molecule has 0 bridgehead atoms. The monoisotopic (exact) mass is 333 g/mol. The van der Waals surface area contributed by atoms with Crippen molar-refractivity contribution in [2.45, 2.75) is 25.6 Å². The molecule has 118 valence electrons. The van der Waals surface area contributed by atoms with E-state index < -0.39 is 41.8 Å². The number of halogens is 6. The van der Waals surface area contributed by atoms with Crippen molar-refractivity contribution >= 4 is 17.6 Å². The molecule has 21 heavy (non-hydrogen) atoms. The van der Waals surface area contributed by atoms with Gasteiger partial charge in [0.15, 0.2) is 0 Å². The zero-order valence-corrected chi connectivity index (χ0v) is 11.3. The highest BCUT2D eigenvalue weighted by atomic mass is 35.5. The molecule has 0 spiro atoms. The molecule has 0 atom stereocenters. The van der Waals surface area contributed by atoms with E-state index in [-0.39, 0.29) is 12.2 Å². The van der Waals surface area contributed by atoms with Crippen molar-refractivity contribution in [1.29, 1.82) is 0 Å². The Balaban J connectivity index is 3.39. The summed E-state index contributed by atoms with van der Waals surface area (Å²) in [5, 5.41) is 0. The first kappa shape index (κ1) is 17.4. The van der Waals surface area contributed by atoms with Crippen molar-refractivity contribution in [2.75, 3.05) is 6.61 Å². The lowest BCUT2D eigenvalue weighted by atomic mass is 10.1. The van der Waals surface area contributed by atoms with Crippen molar-refractivity contribution < 1.29 is 36.2 Å². The summed E-state index contributed by atoms with van der Waals surface area (Å²) in [4.78, 5) is 14.6. The van der Waals surface area contributed by atoms with Gasteiger partial charge in [-0.15, -0.1) is 24.8 Å². The van der Waals surface area contributed by atoms with Crippen LogP contribution in [0.3, 0.4) is 0 Å². The van der Waals surface area contributed by atoms with Gasteiger partial charge in [-0.25, -0.2) is 18.6 Å². The number of carbonyl (C=O) groups excluding carboxylic acids is 1. The smallest absolute Gasteiger partial charge is 0.462 e.